The van der Waals surface area contributed by atoms with Crippen LogP contribution in [0.25, 0.3) is 0 Å². The van der Waals surface area contributed by atoms with Gasteiger partial charge < -0.3 is 5.32 Å². The van der Waals surface area contributed by atoms with Gasteiger partial charge in [0.25, 0.3) is 0 Å². The summed E-state index contributed by atoms with van der Waals surface area (Å²) in [6.45, 7) is 11.5. The Morgan fingerprint density at radius 3 is 2.41 bits per heavy atom. The maximum absolute atomic E-state index is 3.98. The molecule has 0 heterocycles. The summed E-state index contributed by atoms with van der Waals surface area (Å²) in [6, 6.07) is 9.03. The number of hydrogen-bond donors (Lipinski definition) is 1. The van der Waals surface area contributed by atoms with Gasteiger partial charge >= 0.3 is 0 Å². The summed E-state index contributed by atoms with van der Waals surface area (Å²) in [7, 11) is 0. The fourth-order valence-electron chi connectivity index (χ4n) is 1.71. The Kier molecular flexibility index (Phi) is 5.41. The van der Waals surface area contributed by atoms with Crippen LogP contribution in [0.1, 0.15) is 26.3 Å². The predicted octanol–water partition coefficient (Wildman–Crippen LogP) is 4.18. The quantitative estimate of drug-likeness (QED) is 0.776. The third kappa shape index (κ3) is 5.05. The lowest BCUT2D eigenvalue weighted by molar-refractivity contribution is 0.373. The van der Waals surface area contributed by atoms with Gasteiger partial charge in [-0.1, -0.05) is 54.9 Å². The molecule has 0 aromatic heterocycles. The van der Waals surface area contributed by atoms with Gasteiger partial charge in [-0.3, -0.25) is 0 Å². The summed E-state index contributed by atoms with van der Waals surface area (Å²) in [5.74, 6) is 0. The van der Waals surface area contributed by atoms with Crippen LogP contribution in [0.3, 0.4) is 0 Å². The zero-order valence-corrected chi connectivity index (χ0v) is 12.5. The Labute approximate surface area is 113 Å². The van der Waals surface area contributed by atoms with Crippen molar-refractivity contribution in [3.8, 4) is 0 Å². The van der Waals surface area contributed by atoms with Crippen molar-refractivity contribution in [2.45, 2.75) is 33.2 Å². The van der Waals surface area contributed by atoms with Gasteiger partial charge in [0, 0.05) is 22.5 Å². The van der Waals surface area contributed by atoms with Crippen LogP contribution in [-0.2, 0) is 6.42 Å². The number of halogens is 1. The van der Waals surface area contributed by atoms with Crippen LogP contribution < -0.4 is 5.32 Å². The molecule has 0 aliphatic rings. The van der Waals surface area contributed by atoms with Crippen molar-refractivity contribution in [2.75, 3.05) is 6.54 Å². The maximum atomic E-state index is 3.98. The molecule has 0 spiro atoms. The standard InChI is InChI=1S/C15H22BrN/c1-5-15(4,11-17-12(2)3)10-13-6-8-14(16)9-7-13/h5-9,12,17H,1,10-11H2,2-4H3. The molecule has 1 aromatic rings. The second-order valence-corrected chi connectivity index (χ2v) is 6.11. The molecule has 1 nitrogen and oxygen atoms in total. The van der Waals surface area contributed by atoms with Gasteiger partial charge in [-0.25, -0.2) is 0 Å². The summed E-state index contributed by atoms with van der Waals surface area (Å²) < 4.78 is 1.13. The first-order chi connectivity index (χ1) is 7.95. The predicted molar refractivity (Wildman–Crippen MR) is 79.3 cm³/mol. The van der Waals surface area contributed by atoms with Crippen LogP contribution in [0.2, 0.25) is 0 Å². The molecule has 1 aromatic carbocycles. The molecule has 0 amide bonds. The van der Waals surface area contributed by atoms with Crippen LogP contribution in [0.4, 0.5) is 0 Å². The molecule has 0 aliphatic carbocycles. The van der Waals surface area contributed by atoms with Gasteiger partial charge in [0.05, 0.1) is 0 Å². The van der Waals surface area contributed by atoms with E-state index in [-0.39, 0.29) is 5.41 Å². The minimum Gasteiger partial charge on any atom is -0.314 e. The Morgan fingerprint density at radius 1 is 1.35 bits per heavy atom. The highest BCUT2D eigenvalue weighted by molar-refractivity contribution is 9.10. The summed E-state index contributed by atoms with van der Waals surface area (Å²) in [5, 5.41) is 3.49. The zero-order chi connectivity index (χ0) is 12.9. The van der Waals surface area contributed by atoms with Gasteiger partial charge in [-0.05, 0) is 24.1 Å². The maximum Gasteiger partial charge on any atom is 0.0175 e. The fraction of sp³-hybridized carbons (Fsp3) is 0.467. The van der Waals surface area contributed by atoms with Crippen molar-refractivity contribution in [2.24, 2.45) is 5.41 Å². The molecular formula is C15H22BrN. The summed E-state index contributed by atoms with van der Waals surface area (Å²) >= 11 is 3.46. The molecule has 1 atom stereocenters. The van der Waals surface area contributed by atoms with Crippen molar-refractivity contribution in [3.05, 3.63) is 47.0 Å². The fourth-order valence-corrected chi connectivity index (χ4v) is 1.98. The Hall–Kier alpha value is -0.600. The van der Waals surface area contributed by atoms with Crippen LogP contribution in [0.15, 0.2) is 41.4 Å². The number of hydrogen-bond acceptors (Lipinski definition) is 1. The van der Waals surface area contributed by atoms with E-state index in [2.05, 4.69) is 78.9 Å². The summed E-state index contributed by atoms with van der Waals surface area (Å²) in [4.78, 5) is 0. The third-order valence-corrected chi connectivity index (χ3v) is 3.46. The molecule has 94 valence electrons. The lowest BCUT2D eigenvalue weighted by Crippen LogP contribution is -2.35. The minimum atomic E-state index is 0.109. The van der Waals surface area contributed by atoms with Crippen molar-refractivity contribution in [3.63, 3.8) is 0 Å². The monoisotopic (exact) mass is 295 g/mol. The topological polar surface area (TPSA) is 12.0 Å². The molecule has 1 unspecified atom stereocenters. The molecule has 0 bridgehead atoms. The van der Waals surface area contributed by atoms with E-state index in [1.807, 2.05) is 0 Å². The highest BCUT2D eigenvalue weighted by atomic mass is 79.9. The highest BCUT2D eigenvalue weighted by Crippen LogP contribution is 2.24. The lowest BCUT2D eigenvalue weighted by atomic mass is 9.83. The first-order valence-electron chi connectivity index (χ1n) is 6.06. The molecule has 1 rings (SSSR count). The minimum absolute atomic E-state index is 0.109. The van der Waals surface area contributed by atoms with Crippen molar-refractivity contribution >= 4 is 15.9 Å². The molecule has 1 N–H and O–H groups in total. The van der Waals surface area contributed by atoms with Crippen molar-refractivity contribution in [1.29, 1.82) is 0 Å². The molecule has 0 fully saturated rings. The van der Waals surface area contributed by atoms with E-state index in [1.54, 1.807) is 0 Å². The van der Waals surface area contributed by atoms with Gasteiger partial charge in [0.2, 0.25) is 0 Å². The highest BCUT2D eigenvalue weighted by Gasteiger charge is 2.20. The third-order valence-electron chi connectivity index (χ3n) is 2.93. The van der Waals surface area contributed by atoms with E-state index < -0.39 is 0 Å². The van der Waals surface area contributed by atoms with Crippen molar-refractivity contribution in [1.82, 2.24) is 5.32 Å². The smallest absolute Gasteiger partial charge is 0.0175 e. The molecule has 17 heavy (non-hydrogen) atoms. The number of nitrogens with one attached hydrogen (secondary N) is 1. The van der Waals surface area contributed by atoms with Crippen LogP contribution in [0.5, 0.6) is 0 Å². The average molecular weight is 296 g/mol. The molecule has 0 radical (unpaired) electrons. The largest absolute Gasteiger partial charge is 0.314 e. The second-order valence-electron chi connectivity index (χ2n) is 5.20. The van der Waals surface area contributed by atoms with Crippen molar-refractivity contribution < 1.29 is 0 Å². The first-order valence-corrected chi connectivity index (χ1v) is 6.86. The van der Waals surface area contributed by atoms with E-state index in [4.69, 9.17) is 0 Å². The lowest BCUT2D eigenvalue weighted by Gasteiger charge is -2.27. The van der Waals surface area contributed by atoms with Gasteiger partial charge in [-0.2, -0.15) is 0 Å². The number of rotatable bonds is 6. The Bertz CT molecular complexity index is 356. The SMILES string of the molecule is C=CC(C)(CNC(C)C)Cc1ccc(Br)cc1. The van der Waals surface area contributed by atoms with Gasteiger partial charge in [-0.15, -0.1) is 6.58 Å². The molecular weight excluding hydrogens is 274 g/mol. The number of benzene rings is 1. The summed E-state index contributed by atoms with van der Waals surface area (Å²) in [5.41, 5.74) is 1.46. The summed E-state index contributed by atoms with van der Waals surface area (Å²) in [6.07, 6.45) is 3.08. The molecule has 0 saturated heterocycles. The molecule has 2 heteroatoms. The van der Waals surface area contributed by atoms with E-state index in [1.165, 1.54) is 5.56 Å². The van der Waals surface area contributed by atoms with E-state index in [0.717, 1.165) is 17.4 Å². The first kappa shape index (κ1) is 14.5. The zero-order valence-electron chi connectivity index (χ0n) is 11.0. The Morgan fingerprint density at radius 2 is 1.94 bits per heavy atom. The average Bonchev–Trinajstić information content (AvgIpc) is 2.30. The second kappa shape index (κ2) is 6.36. The van der Waals surface area contributed by atoms with Gasteiger partial charge in [0.1, 0.15) is 0 Å². The molecule has 0 aliphatic heterocycles. The molecule has 0 saturated carbocycles. The van der Waals surface area contributed by atoms with Crippen LogP contribution in [0, 0.1) is 5.41 Å². The Balaban J connectivity index is 2.67. The van der Waals surface area contributed by atoms with E-state index in [9.17, 15) is 0 Å². The van der Waals surface area contributed by atoms with Crippen LogP contribution in [-0.4, -0.2) is 12.6 Å². The van der Waals surface area contributed by atoms with E-state index in [0.29, 0.717) is 6.04 Å². The normalized spacial score (nSPS) is 14.6. The van der Waals surface area contributed by atoms with E-state index >= 15 is 0 Å². The van der Waals surface area contributed by atoms with Gasteiger partial charge in [0.15, 0.2) is 0 Å². The van der Waals surface area contributed by atoms with Crippen LogP contribution >= 0.6 is 15.9 Å².